The van der Waals surface area contributed by atoms with Crippen molar-refractivity contribution in [3.05, 3.63) is 86.4 Å². The maximum Gasteiger partial charge on any atom is 0.270 e. The normalized spacial score (nSPS) is 10.9. The zero-order chi connectivity index (χ0) is 18.1. The van der Waals surface area contributed by atoms with Crippen LogP contribution in [0.5, 0.6) is 0 Å². The Bertz CT molecular complexity index is 1170. The number of nitro groups is 1. The third-order valence-electron chi connectivity index (χ3n) is 3.92. The smallest absolute Gasteiger partial charge is 0.270 e. The molecule has 0 saturated carbocycles. The fraction of sp³-hybridized carbons (Fsp3) is 0.0556. The van der Waals surface area contributed by atoms with Crippen LogP contribution in [0.15, 0.2) is 65.0 Å². The topological polar surface area (TPSA) is 90.9 Å². The van der Waals surface area contributed by atoms with E-state index in [0.29, 0.717) is 5.52 Å². The molecule has 0 aliphatic carbocycles. The van der Waals surface area contributed by atoms with E-state index in [9.17, 15) is 14.9 Å². The van der Waals surface area contributed by atoms with E-state index in [1.54, 1.807) is 0 Å². The van der Waals surface area contributed by atoms with Crippen molar-refractivity contribution >= 4 is 27.9 Å². The van der Waals surface area contributed by atoms with Crippen LogP contribution < -0.4 is 5.56 Å². The van der Waals surface area contributed by atoms with Gasteiger partial charge in [-0.1, -0.05) is 30.3 Å². The van der Waals surface area contributed by atoms with Crippen LogP contribution in [0.4, 0.5) is 5.69 Å². The summed E-state index contributed by atoms with van der Waals surface area (Å²) in [6.45, 7) is 0.258. The molecule has 0 aliphatic heterocycles. The summed E-state index contributed by atoms with van der Waals surface area (Å²) in [5.41, 5.74) is 1.73. The van der Waals surface area contributed by atoms with Gasteiger partial charge in [0.2, 0.25) is 0 Å². The summed E-state index contributed by atoms with van der Waals surface area (Å²) < 4.78 is 1.41. The number of hydrogen-bond donors (Lipinski definition) is 0. The lowest BCUT2D eigenvalue weighted by molar-refractivity contribution is -0.384. The lowest BCUT2D eigenvalue weighted by Crippen LogP contribution is -2.21. The summed E-state index contributed by atoms with van der Waals surface area (Å²) in [4.78, 5) is 31.9. The van der Waals surface area contributed by atoms with Crippen molar-refractivity contribution in [3.8, 4) is 10.6 Å². The molecular formula is C18H12N4O3S. The minimum absolute atomic E-state index is 0.130. The van der Waals surface area contributed by atoms with Gasteiger partial charge >= 0.3 is 0 Å². The number of nitro benzene ring substituents is 1. The van der Waals surface area contributed by atoms with Gasteiger partial charge in [-0.3, -0.25) is 19.5 Å². The van der Waals surface area contributed by atoms with E-state index in [1.165, 1.54) is 40.4 Å². The van der Waals surface area contributed by atoms with E-state index < -0.39 is 4.92 Å². The first-order valence-electron chi connectivity index (χ1n) is 7.75. The monoisotopic (exact) mass is 364 g/mol. The van der Waals surface area contributed by atoms with Crippen LogP contribution in [0, 0.1) is 10.1 Å². The lowest BCUT2D eigenvalue weighted by Gasteiger charge is -2.04. The first-order valence-corrected chi connectivity index (χ1v) is 8.63. The van der Waals surface area contributed by atoms with E-state index in [0.717, 1.165) is 16.3 Å². The van der Waals surface area contributed by atoms with Crippen LogP contribution in [-0.4, -0.2) is 19.5 Å². The van der Waals surface area contributed by atoms with Crippen molar-refractivity contribution < 1.29 is 4.92 Å². The van der Waals surface area contributed by atoms with Gasteiger partial charge in [-0.15, -0.1) is 11.3 Å². The molecule has 7 nitrogen and oxygen atoms in total. The van der Waals surface area contributed by atoms with Crippen LogP contribution in [0.3, 0.4) is 0 Å². The predicted octanol–water partition coefficient (Wildman–Crippen LogP) is 3.48. The molecule has 4 rings (SSSR count). The molecule has 0 spiro atoms. The molecule has 0 unspecified atom stereocenters. The Kier molecular flexibility index (Phi) is 4.02. The molecule has 0 aliphatic rings. The van der Waals surface area contributed by atoms with Crippen molar-refractivity contribution in [2.45, 2.75) is 6.54 Å². The van der Waals surface area contributed by atoms with Gasteiger partial charge in [0.05, 0.1) is 34.4 Å². The number of fused-ring (bicyclic) bond motifs is 1. The number of rotatable bonds is 4. The molecule has 0 bridgehead atoms. The van der Waals surface area contributed by atoms with Crippen molar-refractivity contribution in [3.63, 3.8) is 0 Å². The molecule has 8 heteroatoms. The summed E-state index contributed by atoms with van der Waals surface area (Å²) in [5, 5.41) is 13.9. The lowest BCUT2D eigenvalue weighted by atomic mass is 10.2. The molecule has 4 aromatic rings. The quantitative estimate of drug-likeness (QED) is 0.408. The highest BCUT2D eigenvalue weighted by Crippen LogP contribution is 2.23. The molecule has 0 N–H and O–H groups in total. The van der Waals surface area contributed by atoms with E-state index in [4.69, 9.17) is 0 Å². The van der Waals surface area contributed by atoms with Gasteiger partial charge < -0.3 is 0 Å². The second kappa shape index (κ2) is 6.49. The fourth-order valence-corrected chi connectivity index (χ4v) is 3.46. The van der Waals surface area contributed by atoms with Gasteiger partial charge in [0, 0.05) is 23.1 Å². The van der Waals surface area contributed by atoms with Gasteiger partial charge in [0.25, 0.3) is 11.2 Å². The zero-order valence-electron chi connectivity index (χ0n) is 13.4. The van der Waals surface area contributed by atoms with Crippen molar-refractivity contribution in [2.24, 2.45) is 0 Å². The van der Waals surface area contributed by atoms with Crippen LogP contribution in [-0.2, 0) is 6.54 Å². The van der Waals surface area contributed by atoms with Crippen LogP contribution in [0.25, 0.3) is 21.5 Å². The highest BCUT2D eigenvalue weighted by molar-refractivity contribution is 7.13. The van der Waals surface area contributed by atoms with E-state index in [2.05, 4.69) is 9.97 Å². The Hall–Kier alpha value is -3.39. The van der Waals surface area contributed by atoms with E-state index in [-0.39, 0.29) is 23.2 Å². The Balaban J connectivity index is 1.69. The molecule has 2 aromatic carbocycles. The maximum absolute atomic E-state index is 12.7. The van der Waals surface area contributed by atoms with Gasteiger partial charge in [-0.2, -0.15) is 0 Å². The fourth-order valence-electron chi connectivity index (χ4n) is 2.64. The van der Waals surface area contributed by atoms with Gasteiger partial charge in [0.1, 0.15) is 5.01 Å². The molecule has 0 atom stereocenters. The summed E-state index contributed by atoms with van der Waals surface area (Å²) >= 11 is 1.50. The Morgan fingerprint density at radius 2 is 1.96 bits per heavy atom. The Morgan fingerprint density at radius 3 is 2.73 bits per heavy atom. The predicted molar refractivity (Wildman–Crippen MR) is 99.3 cm³/mol. The first-order chi connectivity index (χ1) is 12.6. The SMILES string of the molecule is O=c1c2cc([N+](=O)[O-])ccc2ncn1Cc1csc(-c2ccccc2)n1. The highest BCUT2D eigenvalue weighted by Gasteiger charge is 2.12. The van der Waals surface area contributed by atoms with Crippen LogP contribution in [0.2, 0.25) is 0 Å². The van der Waals surface area contributed by atoms with Gasteiger partial charge in [-0.25, -0.2) is 9.97 Å². The molecular weight excluding hydrogens is 352 g/mol. The summed E-state index contributed by atoms with van der Waals surface area (Å²) in [6, 6.07) is 13.9. The Labute approximate surface area is 151 Å². The number of nitrogens with zero attached hydrogens (tertiary/aromatic N) is 4. The van der Waals surface area contributed by atoms with Crippen LogP contribution >= 0.6 is 11.3 Å². The molecule has 0 amide bonds. The molecule has 0 fully saturated rings. The zero-order valence-corrected chi connectivity index (χ0v) is 14.2. The molecule has 0 radical (unpaired) electrons. The average Bonchev–Trinajstić information content (AvgIpc) is 3.13. The minimum atomic E-state index is -0.525. The molecule has 2 aromatic heterocycles. The number of benzene rings is 2. The molecule has 26 heavy (non-hydrogen) atoms. The molecule has 2 heterocycles. The number of aromatic nitrogens is 3. The van der Waals surface area contributed by atoms with Crippen LogP contribution in [0.1, 0.15) is 5.69 Å². The minimum Gasteiger partial charge on any atom is -0.293 e. The van der Waals surface area contributed by atoms with Crippen molar-refractivity contribution in [1.82, 2.24) is 14.5 Å². The number of hydrogen-bond acceptors (Lipinski definition) is 6. The second-order valence-electron chi connectivity index (χ2n) is 5.65. The third-order valence-corrected chi connectivity index (χ3v) is 4.86. The number of thiazole rings is 1. The van der Waals surface area contributed by atoms with E-state index >= 15 is 0 Å². The third kappa shape index (κ3) is 2.98. The standard InChI is InChI=1S/C18H12N4O3S/c23-18-15-8-14(22(24)25)6-7-16(15)19-11-21(18)9-13-10-26-17(20-13)12-4-2-1-3-5-12/h1-8,10-11H,9H2. The summed E-state index contributed by atoms with van der Waals surface area (Å²) in [5.74, 6) is 0. The average molecular weight is 364 g/mol. The number of non-ortho nitro benzene ring substituents is 1. The van der Waals surface area contributed by atoms with E-state index in [1.807, 2.05) is 35.7 Å². The first kappa shape index (κ1) is 16.1. The largest absolute Gasteiger partial charge is 0.293 e. The van der Waals surface area contributed by atoms with Crippen molar-refractivity contribution in [1.29, 1.82) is 0 Å². The van der Waals surface area contributed by atoms with Gasteiger partial charge in [-0.05, 0) is 6.07 Å². The Morgan fingerprint density at radius 1 is 1.15 bits per heavy atom. The highest BCUT2D eigenvalue weighted by atomic mass is 32.1. The molecule has 128 valence electrons. The second-order valence-corrected chi connectivity index (χ2v) is 6.50. The molecule has 0 saturated heterocycles. The van der Waals surface area contributed by atoms with Gasteiger partial charge in [0.15, 0.2) is 0 Å². The maximum atomic E-state index is 12.7. The summed E-state index contributed by atoms with van der Waals surface area (Å²) in [6.07, 6.45) is 1.44. The van der Waals surface area contributed by atoms with Crippen molar-refractivity contribution in [2.75, 3.05) is 0 Å². The summed E-state index contributed by atoms with van der Waals surface area (Å²) in [7, 11) is 0.